The molecule has 0 aliphatic heterocycles. The van der Waals surface area contributed by atoms with Crippen LogP contribution in [0.25, 0.3) is 0 Å². The number of aromatic nitrogens is 2. The van der Waals surface area contributed by atoms with Crippen LogP contribution in [0.5, 0.6) is 0 Å². The van der Waals surface area contributed by atoms with E-state index in [-0.39, 0.29) is 28.9 Å². The Morgan fingerprint density at radius 2 is 2.09 bits per heavy atom. The lowest BCUT2D eigenvalue weighted by atomic mass is 9.72. The summed E-state index contributed by atoms with van der Waals surface area (Å²) in [5.74, 6) is -0.725. The maximum absolute atomic E-state index is 12.8. The zero-order valence-corrected chi connectivity index (χ0v) is 21.2. The summed E-state index contributed by atoms with van der Waals surface area (Å²) in [4.78, 5) is 37.1. The highest BCUT2D eigenvalue weighted by Crippen LogP contribution is 2.44. The van der Waals surface area contributed by atoms with E-state index in [1.807, 2.05) is 0 Å². The normalized spacial score (nSPS) is 15.9. The third kappa shape index (κ3) is 4.88. The van der Waals surface area contributed by atoms with Crippen LogP contribution in [0.3, 0.4) is 0 Å². The van der Waals surface area contributed by atoms with Gasteiger partial charge in [0.25, 0.3) is 0 Å². The van der Waals surface area contributed by atoms with E-state index in [1.165, 1.54) is 16.0 Å². The Morgan fingerprint density at radius 3 is 2.66 bits per heavy atom. The lowest BCUT2D eigenvalue weighted by Gasteiger charge is -2.33. The van der Waals surface area contributed by atoms with Gasteiger partial charge in [0.2, 0.25) is 5.91 Å². The zero-order valence-electron chi connectivity index (χ0n) is 18.8. The van der Waals surface area contributed by atoms with Crippen LogP contribution in [0.15, 0.2) is 4.47 Å². The van der Waals surface area contributed by atoms with Gasteiger partial charge < -0.3 is 20.2 Å². The molecule has 0 saturated carbocycles. The number of nitrogens with one attached hydrogen (secondary N) is 1. The number of amides is 1. The number of halogens is 1. The van der Waals surface area contributed by atoms with Crippen LogP contribution in [0.4, 0.5) is 10.8 Å². The predicted molar refractivity (Wildman–Crippen MR) is 125 cm³/mol. The molecule has 0 bridgehead atoms. The van der Waals surface area contributed by atoms with E-state index >= 15 is 0 Å². The second-order valence-electron chi connectivity index (χ2n) is 8.92. The van der Waals surface area contributed by atoms with Crippen molar-refractivity contribution in [3.63, 3.8) is 0 Å². The molecule has 2 aromatic heterocycles. The number of ether oxygens (including phenoxy) is 1. The number of hydrogen-bond acceptors (Lipinski definition) is 7. The van der Waals surface area contributed by atoms with Crippen molar-refractivity contribution in [3.05, 3.63) is 36.3 Å². The Morgan fingerprint density at radius 1 is 1.41 bits per heavy atom. The third-order valence-electron chi connectivity index (χ3n) is 5.81. The van der Waals surface area contributed by atoms with Crippen molar-refractivity contribution < 1.29 is 19.2 Å². The fraction of sp³-hybridized carbons (Fsp3) is 0.571. The average molecular weight is 527 g/mol. The van der Waals surface area contributed by atoms with E-state index in [2.05, 4.69) is 47.1 Å². The monoisotopic (exact) mass is 526 g/mol. The first-order valence-electron chi connectivity index (χ1n) is 10.4. The number of rotatable bonds is 6. The SMILES string of the molecule is CCOC(=O)c1c(NC(=O)Cn2nc([N+](=O)[O-])c(Br)c2C)sc2c1CC[C@H](C(C)(C)C)C2. The molecule has 0 unspecified atom stereocenters. The van der Waals surface area contributed by atoms with E-state index in [0.717, 1.165) is 29.7 Å². The van der Waals surface area contributed by atoms with Crippen molar-refractivity contribution in [2.75, 3.05) is 11.9 Å². The molecule has 174 valence electrons. The highest BCUT2D eigenvalue weighted by molar-refractivity contribution is 9.10. The number of nitrogens with zero attached hydrogens (tertiary/aromatic N) is 3. The smallest absolute Gasteiger partial charge is 0.404 e. The van der Waals surface area contributed by atoms with Gasteiger partial charge in [0.1, 0.15) is 16.0 Å². The Bertz CT molecular complexity index is 1070. The maximum atomic E-state index is 12.8. The summed E-state index contributed by atoms with van der Waals surface area (Å²) in [6.07, 6.45) is 2.58. The summed E-state index contributed by atoms with van der Waals surface area (Å²) in [7, 11) is 0. The molecular weight excluding hydrogens is 500 g/mol. The molecule has 9 nitrogen and oxygen atoms in total. The number of anilines is 1. The van der Waals surface area contributed by atoms with E-state index in [9.17, 15) is 19.7 Å². The van der Waals surface area contributed by atoms with Crippen LogP contribution in [0, 0.1) is 28.4 Å². The van der Waals surface area contributed by atoms with Crippen molar-refractivity contribution in [3.8, 4) is 0 Å². The van der Waals surface area contributed by atoms with Crippen molar-refractivity contribution in [2.45, 2.75) is 60.4 Å². The van der Waals surface area contributed by atoms with Crippen molar-refractivity contribution in [1.82, 2.24) is 9.78 Å². The molecule has 0 radical (unpaired) electrons. The quantitative estimate of drug-likeness (QED) is 0.325. The van der Waals surface area contributed by atoms with E-state index in [1.54, 1.807) is 13.8 Å². The molecule has 32 heavy (non-hydrogen) atoms. The third-order valence-corrected chi connectivity index (χ3v) is 7.90. The molecule has 2 aromatic rings. The molecule has 1 amide bonds. The zero-order chi connectivity index (χ0) is 23.8. The molecular formula is C21H27BrN4O5S. The highest BCUT2D eigenvalue weighted by Gasteiger charge is 2.34. The van der Waals surface area contributed by atoms with Gasteiger partial charge in [-0.15, -0.1) is 11.3 Å². The van der Waals surface area contributed by atoms with Gasteiger partial charge in [0, 0.05) is 4.88 Å². The van der Waals surface area contributed by atoms with Crippen molar-refractivity contribution in [1.29, 1.82) is 0 Å². The predicted octanol–water partition coefficient (Wildman–Crippen LogP) is 4.89. The van der Waals surface area contributed by atoms with Gasteiger partial charge in [-0.05, 0) is 70.9 Å². The first-order valence-corrected chi connectivity index (χ1v) is 12.0. The second kappa shape index (κ2) is 9.30. The number of nitro groups is 1. The summed E-state index contributed by atoms with van der Waals surface area (Å²) in [5.41, 5.74) is 2.00. The fourth-order valence-corrected chi connectivity index (χ4v) is 5.67. The average Bonchev–Trinajstić information content (AvgIpc) is 3.18. The van der Waals surface area contributed by atoms with Crippen LogP contribution in [0.1, 0.15) is 60.6 Å². The number of esters is 1. The van der Waals surface area contributed by atoms with E-state index in [4.69, 9.17) is 4.74 Å². The largest absolute Gasteiger partial charge is 0.462 e. The highest BCUT2D eigenvalue weighted by atomic mass is 79.9. The van der Waals surface area contributed by atoms with E-state index < -0.39 is 16.8 Å². The van der Waals surface area contributed by atoms with Gasteiger partial charge >= 0.3 is 11.8 Å². The first kappa shape index (κ1) is 24.4. The van der Waals surface area contributed by atoms with Gasteiger partial charge in [-0.2, -0.15) is 4.68 Å². The number of carbonyl (C=O) groups is 2. The maximum Gasteiger partial charge on any atom is 0.404 e. The summed E-state index contributed by atoms with van der Waals surface area (Å²) in [5, 5.41) is 18.3. The van der Waals surface area contributed by atoms with Crippen LogP contribution >= 0.6 is 27.3 Å². The summed E-state index contributed by atoms with van der Waals surface area (Å²) < 4.78 is 6.78. The molecule has 11 heteroatoms. The Balaban J connectivity index is 1.88. The summed E-state index contributed by atoms with van der Waals surface area (Å²) in [6.45, 7) is 10.1. The number of thiophene rings is 1. The Labute approximate surface area is 198 Å². The minimum absolute atomic E-state index is 0.148. The fourth-order valence-electron chi connectivity index (χ4n) is 3.91. The van der Waals surface area contributed by atoms with Gasteiger partial charge in [-0.1, -0.05) is 20.8 Å². The molecule has 0 fully saturated rings. The van der Waals surface area contributed by atoms with Crippen LogP contribution < -0.4 is 5.32 Å². The molecule has 1 aliphatic carbocycles. The molecule has 1 atom stereocenters. The second-order valence-corrected chi connectivity index (χ2v) is 10.8. The minimum Gasteiger partial charge on any atom is -0.462 e. The van der Waals surface area contributed by atoms with Crippen molar-refractivity contribution in [2.24, 2.45) is 11.3 Å². The lowest BCUT2D eigenvalue weighted by Crippen LogP contribution is -2.26. The summed E-state index contributed by atoms with van der Waals surface area (Å²) in [6, 6.07) is 0. The Hall–Kier alpha value is -2.27. The Kier molecular flexibility index (Phi) is 7.09. The molecule has 0 spiro atoms. The minimum atomic E-state index is -0.608. The molecule has 1 N–H and O–H groups in total. The lowest BCUT2D eigenvalue weighted by molar-refractivity contribution is -0.390. The standard InChI is InChI=1S/C21H27BrN4O5S/c1-6-31-20(28)16-13-8-7-12(21(3,4)5)9-14(13)32-19(16)23-15(27)10-25-11(2)17(22)18(24-25)26(29)30/h12H,6-10H2,1-5H3,(H,23,27)/t12-/m0/s1. The van der Waals surface area contributed by atoms with Gasteiger partial charge in [0.05, 0.1) is 23.0 Å². The van der Waals surface area contributed by atoms with Gasteiger partial charge in [-0.25, -0.2) is 4.79 Å². The van der Waals surface area contributed by atoms with Crippen LogP contribution in [-0.4, -0.2) is 33.2 Å². The molecule has 0 aromatic carbocycles. The molecule has 0 saturated heterocycles. The van der Waals surface area contributed by atoms with Crippen molar-refractivity contribution >= 4 is 50.0 Å². The summed E-state index contributed by atoms with van der Waals surface area (Å²) >= 11 is 4.56. The molecule has 3 rings (SSSR count). The molecule has 1 aliphatic rings. The first-order chi connectivity index (χ1) is 14.9. The molecule has 2 heterocycles. The topological polar surface area (TPSA) is 116 Å². The number of hydrogen-bond donors (Lipinski definition) is 1. The number of carbonyl (C=O) groups excluding carboxylic acids is 2. The van der Waals surface area contributed by atoms with Gasteiger partial charge in [-0.3, -0.25) is 4.79 Å². The van der Waals surface area contributed by atoms with Crippen LogP contribution in [0.2, 0.25) is 0 Å². The van der Waals surface area contributed by atoms with Gasteiger partial charge in [0.15, 0.2) is 0 Å². The van der Waals surface area contributed by atoms with Crippen LogP contribution in [-0.2, 0) is 28.9 Å². The number of fused-ring (bicyclic) bond motifs is 1. The van der Waals surface area contributed by atoms with E-state index in [0.29, 0.717) is 22.2 Å².